The van der Waals surface area contributed by atoms with Gasteiger partial charge in [0.2, 0.25) is 5.43 Å². The Morgan fingerprint density at radius 3 is 2.50 bits per heavy atom. The van der Waals surface area contributed by atoms with Crippen LogP contribution in [0.15, 0.2) is 50.9 Å². The minimum Gasteiger partial charge on any atom is -0.463 e. The molecule has 2 amide bonds. The van der Waals surface area contributed by atoms with Crippen molar-refractivity contribution in [2.24, 2.45) is 28.8 Å². The van der Waals surface area contributed by atoms with Crippen molar-refractivity contribution in [1.29, 1.82) is 0 Å². The van der Waals surface area contributed by atoms with Crippen LogP contribution in [0.5, 0.6) is 0 Å². The maximum absolute atomic E-state index is 12.6. The number of hydrogen-bond donors (Lipinski definition) is 0. The van der Waals surface area contributed by atoms with Gasteiger partial charge in [0, 0.05) is 0 Å². The van der Waals surface area contributed by atoms with E-state index >= 15 is 0 Å². The number of aryl methyl sites for hydroxylation is 1. The lowest BCUT2D eigenvalue weighted by atomic mass is 9.85. The molecule has 5 rings (SSSR count). The average Bonchev–Trinajstić information content (AvgIpc) is 3.30. The molecule has 2 fully saturated rings. The van der Waals surface area contributed by atoms with E-state index in [-0.39, 0.29) is 46.5 Å². The highest BCUT2D eigenvalue weighted by molar-refractivity contribution is 6.06. The van der Waals surface area contributed by atoms with E-state index in [2.05, 4.69) is 5.10 Å². The van der Waals surface area contributed by atoms with Gasteiger partial charge in [0.25, 0.3) is 11.8 Å². The maximum atomic E-state index is 12.6. The number of fused-ring (bicyclic) bond motifs is 6. The summed E-state index contributed by atoms with van der Waals surface area (Å²) in [5.74, 6) is -0.871. The van der Waals surface area contributed by atoms with Crippen molar-refractivity contribution < 1.29 is 14.0 Å². The number of carbonyl (C=O) groups is 2. The van der Waals surface area contributed by atoms with Crippen LogP contribution < -0.4 is 5.43 Å². The number of rotatable bonds is 2. The molecule has 1 aromatic heterocycles. The number of hydrazone groups is 1. The average molecular weight is 348 g/mol. The van der Waals surface area contributed by atoms with Crippen molar-refractivity contribution in [3.63, 3.8) is 0 Å². The summed E-state index contributed by atoms with van der Waals surface area (Å²) in [6, 6.07) is 5.35. The van der Waals surface area contributed by atoms with Crippen LogP contribution in [-0.2, 0) is 9.59 Å². The van der Waals surface area contributed by atoms with Crippen LogP contribution in [0.1, 0.15) is 17.5 Å². The Balaban J connectivity index is 1.49. The Kier molecular flexibility index (Phi) is 3.07. The molecule has 26 heavy (non-hydrogen) atoms. The first kappa shape index (κ1) is 15.3. The molecule has 0 spiro atoms. The molecule has 2 bridgehead atoms. The van der Waals surface area contributed by atoms with Crippen molar-refractivity contribution in [2.75, 3.05) is 0 Å². The first-order valence-electron chi connectivity index (χ1n) is 8.67. The topological polar surface area (TPSA) is 80.0 Å². The lowest BCUT2D eigenvalue weighted by Gasteiger charge is -2.13. The maximum Gasteiger partial charge on any atom is 0.254 e. The Hall–Kier alpha value is -3.02. The lowest BCUT2D eigenvalue weighted by Crippen LogP contribution is -2.28. The molecule has 2 heterocycles. The van der Waals surface area contributed by atoms with Gasteiger partial charge in [0.1, 0.15) is 11.8 Å². The fourth-order valence-corrected chi connectivity index (χ4v) is 4.47. The van der Waals surface area contributed by atoms with E-state index < -0.39 is 0 Å². The zero-order valence-electron chi connectivity index (χ0n) is 14.1. The van der Waals surface area contributed by atoms with Crippen LogP contribution in [0, 0.1) is 30.6 Å². The number of carbonyl (C=O) groups excluding carboxylic acids is 2. The van der Waals surface area contributed by atoms with E-state index in [0.29, 0.717) is 11.0 Å². The summed E-state index contributed by atoms with van der Waals surface area (Å²) in [4.78, 5) is 37.8. The molecular formula is C20H16N2O4. The van der Waals surface area contributed by atoms with Gasteiger partial charge in [-0.25, -0.2) is 0 Å². The van der Waals surface area contributed by atoms with E-state index in [0.717, 1.165) is 17.0 Å². The number of benzene rings is 1. The minimum absolute atomic E-state index is 0.135. The Labute approximate surface area is 148 Å². The van der Waals surface area contributed by atoms with Gasteiger partial charge in [-0.15, -0.1) is 0 Å². The highest BCUT2D eigenvalue weighted by Gasteiger charge is 2.59. The zero-order chi connectivity index (χ0) is 18.0. The van der Waals surface area contributed by atoms with Crippen LogP contribution in [0.2, 0.25) is 0 Å². The Morgan fingerprint density at radius 2 is 1.81 bits per heavy atom. The molecule has 4 atom stereocenters. The zero-order valence-corrected chi connectivity index (χ0v) is 14.1. The molecule has 6 heteroatoms. The van der Waals surface area contributed by atoms with Gasteiger partial charge in [0.15, 0.2) is 0 Å². The van der Waals surface area contributed by atoms with Crippen LogP contribution in [0.25, 0.3) is 11.0 Å². The molecular weight excluding hydrogens is 332 g/mol. The van der Waals surface area contributed by atoms with Crippen molar-refractivity contribution in [3.8, 4) is 0 Å². The molecule has 3 aliphatic rings. The summed E-state index contributed by atoms with van der Waals surface area (Å²) in [5.41, 5.74) is 1.41. The van der Waals surface area contributed by atoms with Crippen molar-refractivity contribution in [1.82, 2.24) is 5.01 Å². The molecule has 1 aromatic carbocycles. The Morgan fingerprint density at radius 1 is 1.12 bits per heavy atom. The largest absolute Gasteiger partial charge is 0.463 e. The van der Waals surface area contributed by atoms with Crippen molar-refractivity contribution >= 4 is 29.0 Å². The molecule has 0 unspecified atom stereocenters. The van der Waals surface area contributed by atoms with Crippen LogP contribution in [0.4, 0.5) is 0 Å². The number of hydrogen-bond acceptors (Lipinski definition) is 5. The molecule has 130 valence electrons. The van der Waals surface area contributed by atoms with Crippen LogP contribution in [0.3, 0.4) is 0 Å². The van der Waals surface area contributed by atoms with Gasteiger partial charge in [-0.05, 0) is 37.3 Å². The highest BCUT2D eigenvalue weighted by atomic mass is 16.3. The fraction of sp³-hybridized carbons (Fsp3) is 0.300. The number of amides is 2. The van der Waals surface area contributed by atoms with E-state index in [1.165, 1.54) is 12.5 Å². The smallest absolute Gasteiger partial charge is 0.254 e. The second-order valence-electron chi connectivity index (χ2n) is 7.25. The summed E-state index contributed by atoms with van der Waals surface area (Å²) in [5, 5.41) is 5.43. The highest BCUT2D eigenvalue weighted by Crippen LogP contribution is 2.52. The molecule has 1 aliphatic heterocycles. The van der Waals surface area contributed by atoms with Crippen LogP contribution in [-0.4, -0.2) is 23.0 Å². The molecule has 2 aromatic rings. The second-order valence-corrected chi connectivity index (χ2v) is 7.25. The van der Waals surface area contributed by atoms with Crippen molar-refractivity contribution in [2.45, 2.75) is 13.3 Å². The SMILES string of the molecule is Cc1ccc2occ(/C=N\N3C(=O)[C@@H]4[C@@H](C3=O)[C@H]3C=C[C@@H]4C3)c(=O)c2c1. The van der Waals surface area contributed by atoms with Crippen molar-refractivity contribution in [3.05, 3.63) is 58.0 Å². The lowest BCUT2D eigenvalue weighted by molar-refractivity contribution is -0.140. The van der Waals surface area contributed by atoms with E-state index in [4.69, 9.17) is 4.42 Å². The fourth-order valence-electron chi connectivity index (χ4n) is 4.47. The monoisotopic (exact) mass is 348 g/mol. The third-order valence-electron chi connectivity index (χ3n) is 5.71. The second kappa shape index (κ2) is 5.24. The summed E-state index contributed by atoms with van der Waals surface area (Å²) in [7, 11) is 0. The van der Waals surface area contributed by atoms with Gasteiger partial charge < -0.3 is 4.42 Å². The number of allylic oxidation sites excluding steroid dienone is 2. The first-order chi connectivity index (χ1) is 12.5. The number of nitrogens with zero attached hydrogens (tertiary/aromatic N) is 2. The molecule has 0 N–H and O–H groups in total. The van der Waals surface area contributed by atoms with Gasteiger partial charge in [-0.3, -0.25) is 14.4 Å². The quantitative estimate of drug-likeness (QED) is 0.474. The van der Waals surface area contributed by atoms with Gasteiger partial charge >= 0.3 is 0 Å². The van der Waals surface area contributed by atoms with Crippen LogP contribution >= 0.6 is 0 Å². The number of imide groups is 1. The van der Waals surface area contributed by atoms with E-state index in [1.54, 1.807) is 12.1 Å². The van der Waals surface area contributed by atoms with E-state index in [1.807, 2.05) is 25.1 Å². The minimum atomic E-state index is -0.301. The molecule has 6 nitrogen and oxygen atoms in total. The molecule has 0 radical (unpaired) electrons. The predicted molar refractivity (Wildman–Crippen MR) is 94.4 cm³/mol. The third-order valence-corrected chi connectivity index (χ3v) is 5.71. The molecule has 1 saturated carbocycles. The molecule has 2 aliphatic carbocycles. The molecule has 1 saturated heterocycles. The predicted octanol–water partition coefficient (Wildman–Crippen LogP) is 2.24. The summed E-state index contributed by atoms with van der Waals surface area (Å²) < 4.78 is 5.48. The Bertz CT molecular complexity index is 1050. The van der Waals surface area contributed by atoms with Gasteiger partial charge in [0.05, 0.1) is 29.0 Å². The summed E-state index contributed by atoms with van der Waals surface area (Å²) >= 11 is 0. The first-order valence-corrected chi connectivity index (χ1v) is 8.67. The normalized spacial score (nSPS) is 29.5. The summed E-state index contributed by atoms with van der Waals surface area (Å²) in [6.45, 7) is 1.89. The van der Waals surface area contributed by atoms with E-state index in [9.17, 15) is 14.4 Å². The van der Waals surface area contributed by atoms with Gasteiger partial charge in [-0.1, -0.05) is 23.8 Å². The standard InChI is InChI=1S/C20H16N2O4/c1-10-2-5-15-14(6-10)18(23)13(9-26-15)8-21-22-19(24)16-11-3-4-12(7-11)17(16)20(22)25/h2-6,8-9,11-12,16-17H,7H2,1H3/b21-8-/t11-,12+,16-,17-/m0/s1. The summed E-state index contributed by atoms with van der Waals surface area (Å²) in [6.07, 6.45) is 7.49. The third kappa shape index (κ3) is 1.98. The van der Waals surface area contributed by atoms with Gasteiger partial charge in [-0.2, -0.15) is 10.1 Å².